The number of hydrogen-bond acceptors (Lipinski definition) is 4. The summed E-state index contributed by atoms with van der Waals surface area (Å²) in [5, 5.41) is -1.12. The smallest absolute Gasteiger partial charge is 0.223 e. The number of sulfonamides is 1. The number of benzene rings is 2. The molecule has 1 aliphatic heterocycles. The van der Waals surface area contributed by atoms with Gasteiger partial charge in [0.05, 0.1) is 20.6 Å². The largest absolute Gasteiger partial charge is 0.417 e. The van der Waals surface area contributed by atoms with Gasteiger partial charge in [0.15, 0.2) is 9.84 Å². The van der Waals surface area contributed by atoms with E-state index in [1.54, 1.807) is 0 Å². The monoisotopic (exact) mass is 423 g/mol. The fourth-order valence-electron chi connectivity index (χ4n) is 2.67. The minimum Gasteiger partial charge on any atom is -0.223 e. The van der Waals surface area contributed by atoms with Gasteiger partial charge in [0.25, 0.3) is 0 Å². The van der Waals surface area contributed by atoms with Gasteiger partial charge in [-0.3, -0.25) is 0 Å². The van der Waals surface area contributed by atoms with Crippen LogP contribution in [0.2, 0.25) is 0 Å². The lowest BCUT2D eigenvalue weighted by Crippen LogP contribution is -2.56. The predicted octanol–water partition coefficient (Wildman–Crippen LogP) is 2.69. The molecule has 1 aliphatic rings. The summed E-state index contributed by atoms with van der Waals surface area (Å²) >= 11 is 0. The molecule has 0 radical (unpaired) electrons. The van der Waals surface area contributed by atoms with Crippen LogP contribution in [-0.4, -0.2) is 39.5 Å². The third-order valence-electron chi connectivity index (χ3n) is 4.21. The van der Waals surface area contributed by atoms with Gasteiger partial charge in [-0.25, -0.2) is 21.2 Å². The second-order valence-corrected chi connectivity index (χ2v) is 10.1. The molecule has 0 bridgehead atoms. The van der Waals surface area contributed by atoms with Gasteiger partial charge in [0, 0.05) is 13.1 Å². The third-order valence-corrected chi connectivity index (χ3v) is 8.20. The van der Waals surface area contributed by atoms with E-state index < -0.39 is 60.7 Å². The average Bonchev–Trinajstić information content (AvgIpc) is 2.52. The van der Waals surface area contributed by atoms with E-state index in [2.05, 4.69) is 0 Å². The lowest BCUT2D eigenvalue weighted by molar-refractivity contribution is -0.139. The van der Waals surface area contributed by atoms with Crippen LogP contribution in [0.1, 0.15) is 5.56 Å². The summed E-state index contributed by atoms with van der Waals surface area (Å²) < 4.78 is 103. The Labute approximate surface area is 153 Å². The van der Waals surface area contributed by atoms with Crippen LogP contribution in [0.15, 0.2) is 58.3 Å². The van der Waals surface area contributed by atoms with Gasteiger partial charge in [-0.1, -0.05) is 12.1 Å². The zero-order valence-corrected chi connectivity index (χ0v) is 15.2. The summed E-state index contributed by atoms with van der Waals surface area (Å²) in [7, 11) is -8.44. The van der Waals surface area contributed by atoms with Crippen LogP contribution in [0.3, 0.4) is 0 Å². The van der Waals surface area contributed by atoms with Gasteiger partial charge in [-0.05, 0) is 36.4 Å². The molecule has 0 spiro atoms. The third kappa shape index (κ3) is 3.58. The molecule has 0 aliphatic carbocycles. The van der Waals surface area contributed by atoms with Crippen molar-refractivity contribution in [1.29, 1.82) is 0 Å². The maximum absolute atomic E-state index is 13.1. The zero-order valence-electron chi connectivity index (χ0n) is 13.5. The van der Waals surface area contributed by atoms with E-state index in [4.69, 9.17) is 0 Å². The second kappa shape index (κ2) is 6.57. The van der Waals surface area contributed by atoms with Gasteiger partial charge >= 0.3 is 6.18 Å². The number of rotatable bonds is 4. The Kier molecular flexibility index (Phi) is 4.81. The summed E-state index contributed by atoms with van der Waals surface area (Å²) in [6.45, 7) is -0.956. The number of alkyl halides is 3. The fraction of sp³-hybridized carbons (Fsp3) is 0.250. The standard InChI is InChI=1S/C16H13F4NO4S2/c17-11-5-7-12(8-6-11)26(22,23)13-9-21(10-13)27(24,25)15-4-2-1-3-14(15)16(18,19)20/h1-8,13H,9-10H2. The molecular formula is C16H13F4NO4S2. The molecule has 0 N–H and O–H groups in total. The molecule has 2 aromatic rings. The van der Waals surface area contributed by atoms with Gasteiger partial charge < -0.3 is 0 Å². The van der Waals surface area contributed by atoms with Crippen LogP contribution in [0.25, 0.3) is 0 Å². The Morgan fingerprint density at radius 3 is 2.00 bits per heavy atom. The molecule has 0 aromatic heterocycles. The highest BCUT2D eigenvalue weighted by molar-refractivity contribution is 7.92. The lowest BCUT2D eigenvalue weighted by atomic mass is 10.2. The first-order chi connectivity index (χ1) is 12.4. The molecule has 0 atom stereocenters. The van der Waals surface area contributed by atoms with E-state index in [0.717, 1.165) is 42.5 Å². The highest BCUT2D eigenvalue weighted by Gasteiger charge is 2.46. The molecule has 5 nitrogen and oxygen atoms in total. The van der Waals surface area contributed by atoms with E-state index >= 15 is 0 Å². The highest BCUT2D eigenvalue weighted by Crippen LogP contribution is 2.37. The van der Waals surface area contributed by atoms with Crippen molar-refractivity contribution in [3.8, 4) is 0 Å². The maximum atomic E-state index is 13.1. The Morgan fingerprint density at radius 1 is 0.889 bits per heavy atom. The van der Waals surface area contributed by atoms with Gasteiger partial charge in [-0.2, -0.15) is 17.5 Å². The maximum Gasteiger partial charge on any atom is 0.417 e. The normalized spacial score (nSPS) is 16.9. The zero-order chi connectivity index (χ0) is 20.0. The van der Waals surface area contributed by atoms with Crippen LogP contribution in [0.4, 0.5) is 17.6 Å². The molecule has 2 aromatic carbocycles. The lowest BCUT2D eigenvalue weighted by Gasteiger charge is -2.37. The van der Waals surface area contributed by atoms with Crippen LogP contribution in [0, 0.1) is 5.82 Å². The molecule has 3 rings (SSSR count). The number of hydrogen-bond donors (Lipinski definition) is 0. The van der Waals surface area contributed by atoms with E-state index in [9.17, 15) is 34.4 Å². The SMILES string of the molecule is O=S(=O)(c1ccc(F)cc1)C1CN(S(=O)(=O)c2ccccc2C(F)(F)F)C1. The van der Waals surface area contributed by atoms with Gasteiger partial charge in [-0.15, -0.1) is 0 Å². The van der Waals surface area contributed by atoms with Gasteiger partial charge in [0.2, 0.25) is 10.0 Å². The minimum absolute atomic E-state index is 0.179. The molecule has 11 heteroatoms. The Bertz CT molecular complexity index is 1060. The van der Waals surface area contributed by atoms with Crippen LogP contribution < -0.4 is 0 Å². The Balaban J connectivity index is 1.85. The van der Waals surface area contributed by atoms with E-state index in [0.29, 0.717) is 10.4 Å². The van der Waals surface area contributed by atoms with Crippen LogP contribution in [-0.2, 0) is 26.0 Å². The Hall–Kier alpha value is -1.98. The first-order valence-corrected chi connectivity index (χ1v) is 10.6. The van der Waals surface area contributed by atoms with E-state index in [1.165, 1.54) is 0 Å². The predicted molar refractivity (Wildman–Crippen MR) is 87.6 cm³/mol. The molecule has 27 heavy (non-hydrogen) atoms. The summed E-state index contributed by atoms with van der Waals surface area (Å²) in [5.41, 5.74) is -1.31. The summed E-state index contributed by atoms with van der Waals surface area (Å²) in [6.07, 6.45) is -4.87. The topological polar surface area (TPSA) is 71.5 Å². The fourth-order valence-corrected chi connectivity index (χ4v) is 6.26. The molecule has 0 amide bonds. The number of sulfone groups is 1. The second-order valence-electron chi connectivity index (χ2n) is 5.94. The molecular weight excluding hydrogens is 410 g/mol. The van der Waals surface area contributed by atoms with Crippen LogP contribution in [0.5, 0.6) is 0 Å². The quantitative estimate of drug-likeness (QED) is 0.560. The van der Waals surface area contributed by atoms with Crippen molar-refractivity contribution >= 4 is 19.9 Å². The highest BCUT2D eigenvalue weighted by atomic mass is 32.2. The molecule has 1 saturated heterocycles. The van der Waals surface area contributed by atoms with Crippen molar-refractivity contribution in [2.75, 3.05) is 13.1 Å². The van der Waals surface area contributed by atoms with Crippen molar-refractivity contribution in [3.05, 3.63) is 59.9 Å². The Morgan fingerprint density at radius 2 is 1.44 bits per heavy atom. The molecule has 0 unspecified atom stereocenters. The summed E-state index contributed by atoms with van der Waals surface area (Å²) in [4.78, 5) is -1.10. The van der Waals surface area contributed by atoms with Gasteiger partial charge in [0.1, 0.15) is 5.82 Å². The first kappa shape index (κ1) is 19.8. The van der Waals surface area contributed by atoms with E-state index in [-0.39, 0.29) is 4.90 Å². The van der Waals surface area contributed by atoms with Crippen molar-refractivity contribution in [2.45, 2.75) is 21.2 Å². The first-order valence-electron chi connectivity index (χ1n) is 7.60. The molecule has 146 valence electrons. The average molecular weight is 423 g/mol. The summed E-state index contributed by atoms with van der Waals surface area (Å²) in [5.74, 6) is -0.629. The van der Waals surface area contributed by atoms with E-state index in [1.807, 2.05) is 0 Å². The van der Waals surface area contributed by atoms with Crippen molar-refractivity contribution < 1.29 is 34.4 Å². The molecule has 0 saturated carbocycles. The molecule has 1 heterocycles. The molecule has 1 fully saturated rings. The number of nitrogens with zero attached hydrogens (tertiary/aromatic N) is 1. The number of halogens is 4. The minimum atomic E-state index is -4.87. The summed E-state index contributed by atoms with van der Waals surface area (Å²) in [6, 6.07) is 7.74. The van der Waals surface area contributed by atoms with Crippen LogP contribution >= 0.6 is 0 Å². The van der Waals surface area contributed by atoms with Crippen molar-refractivity contribution in [3.63, 3.8) is 0 Å². The van der Waals surface area contributed by atoms with Crippen molar-refractivity contribution in [1.82, 2.24) is 4.31 Å². The van der Waals surface area contributed by atoms with Crippen molar-refractivity contribution in [2.24, 2.45) is 0 Å².